The van der Waals surface area contributed by atoms with E-state index in [0.717, 1.165) is 22.4 Å². The van der Waals surface area contributed by atoms with Crippen LogP contribution in [0, 0.1) is 0 Å². The number of fused-ring (bicyclic) bond motifs is 3. The van der Waals surface area contributed by atoms with Crippen LogP contribution >= 0.6 is 23.4 Å². The lowest BCUT2D eigenvalue weighted by Gasteiger charge is -2.18. The molecule has 148 valence electrons. The first-order valence-corrected chi connectivity index (χ1v) is 10.7. The highest BCUT2D eigenvalue weighted by molar-refractivity contribution is 7.98. The van der Waals surface area contributed by atoms with Crippen molar-refractivity contribution < 1.29 is 4.74 Å². The molecule has 0 spiro atoms. The second-order valence-corrected chi connectivity index (χ2v) is 8.02. The van der Waals surface area contributed by atoms with Crippen LogP contribution in [0.15, 0.2) is 78.2 Å². The normalized spacial score (nSPS) is 14.6. The topological polar surface area (TPSA) is 72.8 Å². The Hall–Kier alpha value is -3.16. The molecule has 3 heterocycles. The average molecular weight is 434 g/mol. The molecule has 2 aromatic heterocycles. The second-order valence-electron chi connectivity index (χ2n) is 6.64. The van der Waals surface area contributed by atoms with Gasteiger partial charge >= 0.3 is 0 Å². The van der Waals surface area contributed by atoms with Crippen LogP contribution in [0.25, 0.3) is 11.3 Å². The SMILES string of the molecule is Clc1ccc(CSc2nnc3c(n2)O[C@H](c2cccnc2)Nc2ccccc2-3)cc1. The largest absolute Gasteiger partial charge is 0.448 e. The third-order valence-corrected chi connectivity index (χ3v) is 5.76. The molecule has 30 heavy (non-hydrogen) atoms. The fourth-order valence-corrected chi connectivity index (χ4v) is 3.98. The molecule has 0 saturated heterocycles. The number of anilines is 1. The van der Waals surface area contributed by atoms with Crippen LogP contribution in [0.2, 0.25) is 5.02 Å². The van der Waals surface area contributed by atoms with Gasteiger partial charge in [-0.25, -0.2) is 0 Å². The van der Waals surface area contributed by atoms with Gasteiger partial charge in [0.2, 0.25) is 11.0 Å². The predicted molar refractivity (Wildman–Crippen MR) is 118 cm³/mol. The first kappa shape index (κ1) is 18.8. The fourth-order valence-electron chi connectivity index (χ4n) is 3.12. The van der Waals surface area contributed by atoms with Gasteiger partial charge in [0.25, 0.3) is 0 Å². The third-order valence-electron chi connectivity index (χ3n) is 4.60. The van der Waals surface area contributed by atoms with Crippen molar-refractivity contribution in [1.29, 1.82) is 0 Å². The zero-order chi connectivity index (χ0) is 20.3. The molecule has 1 aliphatic heterocycles. The maximum atomic E-state index is 6.24. The van der Waals surface area contributed by atoms with E-state index in [0.29, 0.717) is 27.5 Å². The van der Waals surface area contributed by atoms with Crippen molar-refractivity contribution >= 4 is 29.1 Å². The lowest BCUT2D eigenvalue weighted by Crippen LogP contribution is -2.17. The number of benzene rings is 2. The first-order chi connectivity index (χ1) is 14.8. The van der Waals surface area contributed by atoms with Crippen LogP contribution in [0.3, 0.4) is 0 Å². The number of pyridine rings is 1. The second kappa shape index (κ2) is 8.30. The van der Waals surface area contributed by atoms with Crippen LogP contribution in [0.4, 0.5) is 5.69 Å². The molecule has 8 heteroatoms. The number of halogens is 1. The number of hydrogen-bond donors (Lipinski definition) is 1. The predicted octanol–water partition coefficient (Wildman–Crippen LogP) is 5.38. The molecule has 4 aromatic rings. The maximum Gasteiger partial charge on any atom is 0.247 e. The minimum absolute atomic E-state index is 0.438. The summed E-state index contributed by atoms with van der Waals surface area (Å²) in [6.45, 7) is 0. The Kier molecular flexibility index (Phi) is 5.21. The fraction of sp³-hybridized carbons (Fsp3) is 0.0909. The number of aromatic nitrogens is 4. The molecule has 0 bridgehead atoms. The highest BCUT2D eigenvalue weighted by atomic mass is 35.5. The summed E-state index contributed by atoms with van der Waals surface area (Å²) in [7, 11) is 0. The minimum Gasteiger partial charge on any atom is -0.448 e. The van der Waals surface area contributed by atoms with Gasteiger partial charge < -0.3 is 10.1 Å². The minimum atomic E-state index is -0.438. The molecular weight excluding hydrogens is 418 g/mol. The summed E-state index contributed by atoms with van der Waals surface area (Å²) in [5.74, 6) is 1.15. The number of nitrogens with zero attached hydrogens (tertiary/aromatic N) is 4. The van der Waals surface area contributed by atoms with Crippen LogP contribution < -0.4 is 10.1 Å². The van der Waals surface area contributed by atoms with E-state index in [4.69, 9.17) is 16.3 Å². The van der Waals surface area contributed by atoms with Crippen LogP contribution in [-0.4, -0.2) is 20.2 Å². The molecule has 1 N–H and O–H groups in total. The van der Waals surface area contributed by atoms with Gasteiger partial charge in [-0.15, -0.1) is 10.2 Å². The maximum absolute atomic E-state index is 6.24. The lowest BCUT2D eigenvalue weighted by molar-refractivity contribution is 0.225. The summed E-state index contributed by atoms with van der Waals surface area (Å²) in [4.78, 5) is 8.87. The summed E-state index contributed by atoms with van der Waals surface area (Å²) in [6.07, 6.45) is 3.07. The Labute approximate surface area is 182 Å². The molecule has 0 aliphatic carbocycles. The number of nitrogens with one attached hydrogen (secondary N) is 1. The molecule has 6 nitrogen and oxygen atoms in total. The van der Waals surface area contributed by atoms with Crippen LogP contribution in [-0.2, 0) is 5.75 Å². The highest BCUT2D eigenvalue weighted by Crippen LogP contribution is 2.39. The van der Waals surface area contributed by atoms with Crippen molar-refractivity contribution in [3.8, 4) is 17.1 Å². The van der Waals surface area contributed by atoms with E-state index in [1.165, 1.54) is 11.8 Å². The van der Waals surface area contributed by atoms with Crippen LogP contribution in [0.5, 0.6) is 5.88 Å². The number of hydrogen-bond acceptors (Lipinski definition) is 7. The molecule has 0 amide bonds. The Balaban J connectivity index is 1.48. The molecule has 5 rings (SSSR count). The highest BCUT2D eigenvalue weighted by Gasteiger charge is 2.26. The van der Waals surface area contributed by atoms with E-state index in [1.807, 2.05) is 60.7 Å². The molecule has 0 unspecified atom stereocenters. The van der Waals surface area contributed by atoms with Crippen molar-refractivity contribution in [3.63, 3.8) is 0 Å². The van der Waals surface area contributed by atoms with E-state index in [1.54, 1.807) is 12.4 Å². The molecule has 2 aromatic carbocycles. The van der Waals surface area contributed by atoms with Crippen molar-refractivity contribution in [3.05, 3.63) is 89.2 Å². The molecule has 0 saturated carbocycles. The summed E-state index contributed by atoms with van der Waals surface area (Å²) in [5, 5.41) is 13.4. The summed E-state index contributed by atoms with van der Waals surface area (Å²) in [5.41, 5.74) is 4.44. The van der Waals surface area contributed by atoms with Crippen LogP contribution in [0.1, 0.15) is 17.4 Å². The van der Waals surface area contributed by atoms with Gasteiger partial charge in [-0.1, -0.05) is 59.8 Å². The average Bonchev–Trinajstić information content (AvgIpc) is 2.96. The van der Waals surface area contributed by atoms with E-state index < -0.39 is 6.23 Å². The zero-order valence-electron chi connectivity index (χ0n) is 15.7. The Morgan fingerprint density at radius 3 is 2.70 bits per heavy atom. The van der Waals surface area contributed by atoms with Gasteiger partial charge in [0.15, 0.2) is 11.9 Å². The number of rotatable bonds is 4. The Bertz CT molecular complexity index is 1170. The smallest absolute Gasteiger partial charge is 0.247 e. The number of thioether (sulfide) groups is 1. The number of para-hydroxylation sites is 1. The van der Waals surface area contributed by atoms with Gasteiger partial charge in [-0.05, 0) is 29.8 Å². The summed E-state index contributed by atoms with van der Waals surface area (Å²) >= 11 is 7.46. The monoisotopic (exact) mass is 433 g/mol. The Morgan fingerprint density at radius 1 is 1.00 bits per heavy atom. The van der Waals surface area contributed by atoms with Gasteiger partial charge in [-0.3, -0.25) is 4.98 Å². The summed E-state index contributed by atoms with van der Waals surface area (Å²) in [6, 6.07) is 19.5. The van der Waals surface area contributed by atoms with E-state index >= 15 is 0 Å². The van der Waals surface area contributed by atoms with E-state index in [2.05, 4.69) is 25.5 Å². The molecular formula is C22H16ClN5OS. The van der Waals surface area contributed by atoms with E-state index in [-0.39, 0.29) is 0 Å². The van der Waals surface area contributed by atoms with Crippen molar-refractivity contribution in [1.82, 2.24) is 20.2 Å². The summed E-state index contributed by atoms with van der Waals surface area (Å²) < 4.78 is 6.24. The quantitative estimate of drug-likeness (QED) is 0.433. The standard InChI is InChI=1S/C22H16ClN5OS/c23-16-9-7-14(8-10-16)13-30-22-26-21-19(27-28-22)17-5-1-2-6-18(17)25-20(29-21)15-4-3-11-24-12-15/h1-12,20,25H,13H2/t20-/m1/s1. The third kappa shape index (κ3) is 3.94. The molecule has 0 fully saturated rings. The van der Waals surface area contributed by atoms with Gasteiger partial charge in [-0.2, -0.15) is 4.98 Å². The van der Waals surface area contributed by atoms with Crippen molar-refractivity contribution in [2.24, 2.45) is 0 Å². The molecule has 0 radical (unpaired) electrons. The lowest BCUT2D eigenvalue weighted by atomic mass is 10.1. The van der Waals surface area contributed by atoms with Crippen molar-refractivity contribution in [2.45, 2.75) is 17.1 Å². The molecule has 1 aliphatic rings. The Morgan fingerprint density at radius 2 is 1.87 bits per heavy atom. The van der Waals surface area contributed by atoms with Gasteiger partial charge in [0.05, 0.1) is 0 Å². The first-order valence-electron chi connectivity index (χ1n) is 9.31. The van der Waals surface area contributed by atoms with Crippen molar-refractivity contribution in [2.75, 3.05) is 5.32 Å². The molecule has 1 atom stereocenters. The van der Waals surface area contributed by atoms with Gasteiger partial charge in [0.1, 0.15) is 0 Å². The van der Waals surface area contributed by atoms with Gasteiger partial charge in [0, 0.05) is 40.0 Å². The zero-order valence-corrected chi connectivity index (χ0v) is 17.3. The van der Waals surface area contributed by atoms with E-state index in [9.17, 15) is 0 Å². The number of ether oxygens (including phenoxy) is 1.